The summed E-state index contributed by atoms with van der Waals surface area (Å²) in [6, 6.07) is 14.4. The van der Waals surface area contributed by atoms with Gasteiger partial charge in [0, 0.05) is 41.9 Å². The maximum Gasteiger partial charge on any atom is 0.272 e. The Morgan fingerprint density at radius 1 is 1.00 bits per heavy atom. The first kappa shape index (κ1) is 26.6. The number of carbonyl (C=O) groups excluding carboxylic acids is 3. The van der Waals surface area contributed by atoms with Gasteiger partial charge in [0.05, 0.1) is 12.1 Å². The Kier molecular flexibility index (Phi) is 6.56. The number of carbonyl (C=O) groups is 3. The monoisotopic (exact) mass is 554 g/mol. The van der Waals surface area contributed by atoms with Crippen LogP contribution in [0.4, 0.5) is 4.39 Å². The minimum atomic E-state index is -0.744. The van der Waals surface area contributed by atoms with Crippen molar-refractivity contribution < 1.29 is 18.8 Å². The lowest BCUT2D eigenvalue weighted by Crippen LogP contribution is -2.59. The third-order valence-electron chi connectivity index (χ3n) is 7.96. The first-order valence-electron chi connectivity index (χ1n) is 13.7. The van der Waals surface area contributed by atoms with Gasteiger partial charge >= 0.3 is 0 Å². The zero-order chi connectivity index (χ0) is 28.9. The molecule has 3 atom stereocenters. The molecule has 2 fully saturated rings. The minimum absolute atomic E-state index is 0.142. The molecule has 1 aromatic carbocycles. The predicted octanol–water partition coefficient (Wildman–Crippen LogP) is 4.03. The number of pyridine rings is 2. The molecule has 0 spiro atoms. The molecule has 2 bridgehead atoms. The van der Waals surface area contributed by atoms with E-state index in [1.165, 1.54) is 24.5 Å². The number of benzene rings is 1. The van der Waals surface area contributed by atoms with Gasteiger partial charge < -0.3 is 20.1 Å². The van der Waals surface area contributed by atoms with Crippen LogP contribution in [0.15, 0.2) is 67.0 Å². The first-order valence-corrected chi connectivity index (χ1v) is 13.7. The number of aromatic amines is 1. The molecule has 5 heterocycles. The van der Waals surface area contributed by atoms with Gasteiger partial charge in [-0.1, -0.05) is 39.0 Å². The van der Waals surface area contributed by atoms with Crippen LogP contribution in [-0.2, 0) is 4.79 Å². The lowest BCUT2D eigenvalue weighted by atomic mass is 9.85. The van der Waals surface area contributed by atoms with Crippen LogP contribution < -0.4 is 5.32 Å². The summed E-state index contributed by atoms with van der Waals surface area (Å²) in [6.45, 7) is 6.56. The lowest BCUT2D eigenvalue weighted by molar-refractivity contribution is -0.138. The number of nitrogens with one attached hydrogen (secondary N) is 2. The largest absolute Gasteiger partial charge is 0.351 e. The van der Waals surface area contributed by atoms with Crippen LogP contribution in [0.5, 0.6) is 0 Å². The van der Waals surface area contributed by atoms with E-state index in [9.17, 15) is 18.8 Å². The van der Waals surface area contributed by atoms with E-state index in [-0.39, 0.29) is 41.2 Å². The van der Waals surface area contributed by atoms with Crippen molar-refractivity contribution in [1.29, 1.82) is 0 Å². The number of fused-ring (bicyclic) bond motifs is 3. The highest BCUT2D eigenvalue weighted by atomic mass is 19.1. The molecule has 0 unspecified atom stereocenters. The Bertz CT molecular complexity index is 1610. The summed E-state index contributed by atoms with van der Waals surface area (Å²) in [5.41, 5.74) is 1.65. The fourth-order valence-corrected chi connectivity index (χ4v) is 5.81. The van der Waals surface area contributed by atoms with Gasteiger partial charge in [-0.15, -0.1) is 0 Å². The van der Waals surface area contributed by atoms with Crippen LogP contribution in [-0.4, -0.2) is 73.7 Å². The second-order valence-corrected chi connectivity index (χ2v) is 11.8. The number of hydrogen-bond acceptors (Lipinski definition) is 5. The molecule has 9 nitrogen and oxygen atoms in total. The maximum absolute atomic E-state index is 14.1. The van der Waals surface area contributed by atoms with E-state index in [4.69, 9.17) is 0 Å². The zero-order valence-electron chi connectivity index (χ0n) is 23.1. The lowest BCUT2D eigenvalue weighted by Gasteiger charge is -2.39. The molecule has 4 aromatic rings. The minimum Gasteiger partial charge on any atom is -0.351 e. The van der Waals surface area contributed by atoms with Crippen molar-refractivity contribution >= 4 is 28.6 Å². The summed E-state index contributed by atoms with van der Waals surface area (Å²) in [5, 5.41) is 3.89. The van der Waals surface area contributed by atoms with Gasteiger partial charge in [-0.25, -0.2) is 4.39 Å². The Morgan fingerprint density at radius 2 is 1.76 bits per heavy atom. The van der Waals surface area contributed by atoms with Crippen LogP contribution in [0.1, 0.15) is 48.2 Å². The van der Waals surface area contributed by atoms with E-state index in [0.29, 0.717) is 30.8 Å². The van der Waals surface area contributed by atoms with Crippen LogP contribution in [0.2, 0.25) is 0 Å². The summed E-state index contributed by atoms with van der Waals surface area (Å²) in [5.74, 6) is -1.17. The average Bonchev–Trinajstić information content (AvgIpc) is 3.69. The molecule has 6 rings (SSSR count). The highest BCUT2D eigenvalue weighted by Gasteiger charge is 2.50. The number of likely N-dealkylation sites (tertiary alicyclic amines) is 2. The number of para-hydroxylation sites is 1. The molecule has 3 aromatic heterocycles. The number of halogens is 1. The Hall–Kier alpha value is -4.60. The smallest absolute Gasteiger partial charge is 0.272 e. The van der Waals surface area contributed by atoms with E-state index < -0.39 is 17.3 Å². The molecule has 0 saturated carbocycles. The van der Waals surface area contributed by atoms with Gasteiger partial charge in [0.2, 0.25) is 5.91 Å². The van der Waals surface area contributed by atoms with Crippen molar-refractivity contribution in [3.63, 3.8) is 0 Å². The van der Waals surface area contributed by atoms with E-state index in [1.807, 2.05) is 45.0 Å². The molecule has 2 saturated heterocycles. The Balaban J connectivity index is 1.13. The third-order valence-corrected chi connectivity index (χ3v) is 7.96. The quantitative estimate of drug-likeness (QED) is 0.387. The van der Waals surface area contributed by atoms with Gasteiger partial charge in [-0.05, 0) is 48.2 Å². The normalized spacial score (nSPS) is 19.0. The summed E-state index contributed by atoms with van der Waals surface area (Å²) in [6.07, 6.45) is 3.62. The number of hydrogen-bond donors (Lipinski definition) is 2. The second-order valence-electron chi connectivity index (χ2n) is 11.8. The van der Waals surface area contributed by atoms with Crippen LogP contribution in [0.3, 0.4) is 0 Å². The topological polar surface area (TPSA) is 111 Å². The van der Waals surface area contributed by atoms with Crippen molar-refractivity contribution in [2.45, 2.75) is 45.3 Å². The SMILES string of the molecule is CC(C)(C)[C@H](NC(=O)c1cc2ccccc2[nH]1)C(=O)N1C[C@@H]2C[C@H]1CN2C(=O)c1ccc(-c2ncccc2F)cn1. The molecular formula is C31H31FN6O3. The number of nitrogens with zero attached hydrogens (tertiary/aromatic N) is 4. The van der Waals surface area contributed by atoms with Crippen molar-refractivity contribution in [1.82, 2.24) is 30.1 Å². The van der Waals surface area contributed by atoms with Crippen LogP contribution in [0.25, 0.3) is 22.2 Å². The molecule has 0 radical (unpaired) electrons. The second kappa shape index (κ2) is 10.1. The Labute approximate surface area is 236 Å². The van der Waals surface area contributed by atoms with Crippen molar-refractivity contribution in [2.75, 3.05) is 13.1 Å². The zero-order valence-corrected chi connectivity index (χ0v) is 23.1. The van der Waals surface area contributed by atoms with Gasteiger partial charge in [-0.3, -0.25) is 24.4 Å². The summed E-state index contributed by atoms with van der Waals surface area (Å²) < 4.78 is 14.1. The van der Waals surface area contributed by atoms with Crippen molar-refractivity contribution in [2.24, 2.45) is 5.41 Å². The van der Waals surface area contributed by atoms with E-state index in [2.05, 4.69) is 20.3 Å². The van der Waals surface area contributed by atoms with Crippen molar-refractivity contribution in [3.8, 4) is 11.3 Å². The number of H-pyrrole nitrogens is 1. The predicted molar refractivity (Wildman–Crippen MR) is 151 cm³/mol. The summed E-state index contributed by atoms with van der Waals surface area (Å²) >= 11 is 0. The number of rotatable bonds is 5. The van der Waals surface area contributed by atoms with Crippen molar-refractivity contribution in [3.05, 3.63) is 84.2 Å². The number of aromatic nitrogens is 3. The molecular weight excluding hydrogens is 523 g/mol. The van der Waals surface area contributed by atoms with E-state index in [0.717, 1.165) is 10.9 Å². The van der Waals surface area contributed by atoms with Gasteiger partial charge in [-0.2, -0.15) is 0 Å². The molecule has 2 aliphatic rings. The molecule has 41 heavy (non-hydrogen) atoms. The van der Waals surface area contributed by atoms with E-state index in [1.54, 1.807) is 28.0 Å². The molecule has 0 aliphatic carbocycles. The number of piperazine rings is 1. The maximum atomic E-state index is 14.1. The molecule has 2 N–H and O–H groups in total. The number of amides is 3. The molecule has 2 aliphatic heterocycles. The van der Waals surface area contributed by atoms with Gasteiger partial charge in [0.1, 0.15) is 28.9 Å². The van der Waals surface area contributed by atoms with Crippen LogP contribution >= 0.6 is 0 Å². The molecule has 3 amide bonds. The fourth-order valence-electron chi connectivity index (χ4n) is 5.81. The highest BCUT2D eigenvalue weighted by molar-refractivity contribution is 6.00. The standard InChI is InChI=1S/C31H31FN6O3/c1-31(2,3)27(36-28(39)25-13-18-7-4-5-9-23(18)35-25)30(41)38-17-20-14-21(38)16-37(20)29(40)24-11-10-19(15-34-24)26-22(32)8-6-12-33-26/h4-13,15,20-21,27,35H,14,16-17H2,1-3H3,(H,36,39)/t20-,21-,27+/m0/s1. The van der Waals surface area contributed by atoms with Crippen LogP contribution in [0, 0.1) is 11.2 Å². The Morgan fingerprint density at radius 3 is 2.41 bits per heavy atom. The van der Waals surface area contributed by atoms with Gasteiger partial charge in [0.15, 0.2) is 0 Å². The van der Waals surface area contributed by atoms with Gasteiger partial charge in [0.25, 0.3) is 11.8 Å². The fraction of sp³-hybridized carbons (Fsp3) is 0.323. The molecule has 210 valence electrons. The molecule has 10 heteroatoms. The third kappa shape index (κ3) is 4.94. The highest BCUT2D eigenvalue weighted by Crippen LogP contribution is 2.34. The average molecular weight is 555 g/mol. The summed E-state index contributed by atoms with van der Waals surface area (Å²) in [4.78, 5) is 55.3. The first-order chi connectivity index (χ1) is 19.6. The summed E-state index contributed by atoms with van der Waals surface area (Å²) in [7, 11) is 0. The van der Waals surface area contributed by atoms with E-state index >= 15 is 0 Å².